The molecule has 1 fully saturated rings. The van der Waals surface area contributed by atoms with Crippen molar-refractivity contribution in [3.63, 3.8) is 0 Å². The van der Waals surface area contributed by atoms with Crippen molar-refractivity contribution in [3.8, 4) is 0 Å². The van der Waals surface area contributed by atoms with E-state index in [2.05, 4.69) is 10.5 Å². The van der Waals surface area contributed by atoms with Crippen molar-refractivity contribution in [2.75, 3.05) is 19.8 Å². The summed E-state index contributed by atoms with van der Waals surface area (Å²) in [6.07, 6.45) is 0.533. The molecule has 2 rings (SSSR count). The van der Waals surface area contributed by atoms with Crippen molar-refractivity contribution in [2.45, 2.75) is 18.9 Å². The normalized spacial score (nSPS) is 24.6. The summed E-state index contributed by atoms with van der Waals surface area (Å²) in [5.41, 5.74) is -0.728. The Labute approximate surface area is 92.6 Å². The molecule has 2 heterocycles. The third kappa shape index (κ3) is 2.40. The van der Waals surface area contributed by atoms with Gasteiger partial charge in [0.1, 0.15) is 11.4 Å². The van der Waals surface area contributed by atoms with Crippen LogP contribution in [-0.4, -0.2) is 41.5 Å². The highest BCUT2D eigenvalue weighted by molar-refractivity contribution is 5.92. The Morgan fingerprint density at radius 1 is 1.75 bits per heavy atom. The highest BCUT2D eigenvalue weighted by Gasteiger charge is 2.32. The molecule has 0 aliphatic carbocycles. The Balaban J connectivity index is 1.88. The van der Waals surface area contributed by atoms with Gasteiger partial charge < -0.3 is 19.7 Å². The van der Waals surface area contributed by atoms with Crippen molar-refractivity contribution in [1.82, 2.24) is 10.5 Å². The van der Waals surface area contributed by atoms with E-state index < -0.39 is 5.60 Å². The molecular formula is C10H14N2O4. The zero-order valence-electron chi connectivity index (χ0n) is 9.02. The number of nitrogens with zero attached hydrogens (tertiary/aromatic N) is 1. The Morgan fingerprint density at radius 3 is 3.12 bits per heavy atom. The largest absolute Gasteiger partial charge is 0.386 e. The predicted molar refractivity (Wildman–Crippen MR) is 54.0 cm³/mol. The Bertz CT molecular complexity index is 382. The summed E-state index contributed by atoms with van der Waals surface area (Å²) in [5.74, 6) is 0.227. The number of aryl methyl sites for hydroxylation is 1. The van der Waals surface area contributed by atoms with Crippen LogP contribution in [0.15, 0.2) is 10.6 Å². The van der Waals surface area contributed by atoms with Crippen LogP contribution in [0.3, 0.4) is 0 Å². The molecule has 1 amide bonds. The molecule has 0 spiro atoms. The fourth-order valence-corrected chi connectivity index (χ4v) is 1.54. The van der Waals surface area contributed by atoms with Crippen LogP contribution in [0.25, 0.3) is 0 Å². The molecule has 0 saturated carbocycles. The highest BCUT2D eigenvalue weighted by atomic mass is 16.5. The van der Waals surface area contributed by atoms with Gasteiger partial charge in [-0.3, -0.25) is 4.79 Å². The number of carbonyl (C=O) groups excluding carboxylic acids is 1. The van der Waals surface area contributed by atoms with Crippen LogP contribution in [0.2, 0.25) is 0 Å². The van der Waals surface area contributed by atoms with Gasteiger partial charge in [-0.2, -0.15) is 0 Å². The van der Waals surface area contributed by atoms with E-state index >= 15 is 0 Å². The summed E-state index contributed by atoms with van der Waals surface area (Å²) in [7, 11) is 0. The third-order valence-electron chi connectivity index (χ3n) is 2.52. The number of aromatic nitrogens is 1. The van der Waals surface area contributed by atoms with Crippen LogP contribution in [0.4, 0.5) is 0 Å². The van der Waals surface area contributed by atoms with E-state index in [-0.39, 0.29) is 24.8 Å². The van der Waals surface area contributed by atoms with Gasteiger partial charge in [0.25, 0.3) is 5.91 Å². The van der Waals surface area contributed by atoms with Crippen molar-refractivity contribution in [1.29, 1.82) is 0 Å². The molecule has 1 aliphatic rings. The minimum absolute atomic E-state index is 0.164. The molecule has 88 valence electrons. The summed E-state index contributed by atoms with van der Waals surface area (Å²) in [6, 6.07) is 1.55. The van der Waals surface area contributed by atoms with Crippen molar-refractivity contribution < 1.29 is 19.2 Å². The maximum absolute atomic E-state index is 11.6. The van der Waals surface area contributed by atoms with Gasteiger partial charge in [0, 0.05) is 25.6 Å². The summed E-state index contributed by atoms with van der Waals surface area (Å²) in [6.45, 7) is 2.65. The molecule has 0 aromatic carbocycles. The number of amides is 1. The monoisotopic (exact) mass is 226 g/mol. The third-order valence-corrected chi connectivity index (χ3v) is 2.52. The first kappa shape index (κ1) is 11.1. The summed E-state index contributed by atoms with van der Waals surface area (Å²) < 4.78 is 9.85. The first-order valence-electron chi connectivity index (χ1n) is 5.11. The molecule has 1 saturated heterocycles. The SMILES string of the molecule is Cc1cc(C(=O)NC[C@]2(O)CCOC2)no1. The van der Waals surface area contributed by atoms with Crippen LogP contribution in [0.5, 0.6) is 0 Å². The molecule has 0 bridgehead atoms. The van der Waals surface area contributed by atoms with Gasteiger partial charge in [-0.05, 0) is 6.92 Å². The standard InChI is InChI=1S/C10H14N2O4/c1-7-4-8(12-16-7)9(13)11-5-10(14)2-3-15-6-10/h4,14H,2-3,5-6H2,1H3,(H,11,13)/t10-/m1/s1. The van der Waals surface area contributed by atoms with Gasteiger partial charge in [-0.25, -0.2) is 0 Å². The lowest BCUT2D eigenvalue weighted by molar-refractivity contribution is 0.0263. The van der Waals surface area contributed by atoms with E-state index in [9.17, 15) is 9.90 Å². The number of carbonyl (C=O) groups is 1. The van der Waals surface area contributed by atoms with E-state index in [1.165, 1.54) is 0 Å². The molecule has 6 heteroatoms. The van der Waals surface area contributed by atoms with E-state index in [0.717, 1.165) is 0 Å². The molecular weight excluding hydrogens is 212 g/mol. The first-order chi connectivity index (χ1) is 7.59. The van der Waals surface area contributed by atoms with Gasteiger partial charge in [0.15, 0.2) is 5.69 Å². The summed E-state index contributed by atoms with van der Waals surface area (Å²) in [5, 5.41) is 16.1. The van der Waals surface area contributed by atoms with Gasteiger partial charge in [-0.1, -0.05) is 5.16 Å². The number of hydrogen-bond donors (Lipinski definition) is 2. The highest BCUT2D eigenvalue weighted by Crippen LogP contribution is 2.17. The quantitative estimate of drug-likeness (QED) is 0.749. The number of rotatable bonds is 3. The van der Waals surface area contributed by atoms with Crippen LogP contribution in [-0.2, 0) is 4.74 Å². The molecule has 0 unspecified atom stereocenters. The molecule has 1 aliphatic heterocycles. The zero-order valence-corrected chi connectivity index (χ0v) is 9.02. The molecule has 0 radical (unpaired) electrons. The van der Waals surface area contributed by atoms with Gasteiger partial charge in [0.05, 0.1) is 6.61 Å². The Kier molecular flexibility index (Phi) is 2.93. The maximum Gasteiger partial charge on any atom is 0.273 e. The lowest BCUT2D eigenvalue weighted by Gasteiger charge is -2.19. The molecule has 6 nitrogen and oxygen atoms in total. The van der Waals surface area contributed by atoms with Crippen molar-refractivity contribution in [3.05, 3.63) is 17.5 Å². The second kappa shape index (κ2) is 4.23. The van der Waals surface area contributed by atoms with Crippen LogP contribution < -0.4 is 5.32 Å². The lowest BCUT2D eigenvalue weighted by atomic mass is 10.0. The minimum atomic E-state index is -0.950. The van der Waals surface area contributed by atoms with E-state index in [4.69, 9.17) is 9.26 Å². The average Bonchev–Trinajstić information content (AvgIpc) is 2.85. The van der Waals surface area contributed by atoms with Gasteiger partial charge in [0.2, 0.25) is 0 Å². The maximum atomic E-state index is 11.6. The molecule has 1 atom stereocenters. The lowest BCUT2D eigenvalue weighted by Crippen LogP contribution is -2.43. The second-order valence-corrected chi connectivity index (χ2v) is 4.03. The number of ether oxygens (including phenoxy) is 1. The topological polar surface area (TPSA) is 84.6 Å². The van der Waals surface area contributed by atoms with Crippen molar-refractivity contribution >= 4 is 5.91 Å². The molecule has 1 aromatic rings. The van der Waals surface area contributed by atoms with Crippen LogP contribution >= 0.6 is 0 Å². The number of nitrogens with one attached hydrogen (secondary N) is 1. The smallest absolute Gasteiger partial charge is 0.273 e. The van der Waals surface area contributed by atoms with Crippen molar-refractivity contribution in [2.24, 2.45) is 0 Å². The Morgan fingerprint density at radius 2 is 2.56 bits per heavy atom. The Hall–Kier alpha value is -1.40. The summed E-state index contributed by atoms with van der Waals surface area (Å²) >= 11 is 0. The van der Waals surface area contributed by atoms with E-state index in [1.54, 1.807) is 13.0 Å². The van der Waals surface area contributed by atoms with Crippen LogP contribution in [0, 0.1) is 6.92 Å². The van der Waals surface area contributed by atoms with E-state index in [1.807, 2.05) is 0 Å². The first-order valence-corrected chi connectivity index (χ1v) is 5.11. The van der Waals surface area contributed by atoms with E-state index in [0.29, 0.717) is 18.8 Å². The average molecular weight is 226 g/mol. The molecule has 2 N–H and O–H groups in total. The predicted octanol–water partition coefficient (Wildman–Crippen LogP) is -0.136. The fraction of sp³-hybridized carbons (Fsp3) is 0.600. The number of aliphatic hydroxyl groups is 1. The zero-order chi connectivity index (χ0) is 11.6. The van der Waals surface area contributed by atoms with Gasteiger partial charge >= 0.3 is 0 Å². The fourth-order valence-electron chi connectivity index (χ4n) is 1.54. The summed E-state index contributed by atoms with van der Waals surface area (Å²) in [4.78, 5) is 11.6. The molecule has 1 aromatic heterocycles. The second-order valence-electron chi connectivity index (χ2n) is 4.03. The minimum Gasteiger partial charge on any atom is -0.386 e. The number of hydrogen-bond acceptors (Lipinski definition) is 5. The molecule has 16 heavy (non-hydrogen) atoms. The van der Waals surface area contributed by atoms with Crippen LogP contribution in [0.1, 0.15) is 22.7 Å². The van der Waals surface area contributed by atoms with Gasteiger partial charge in [-0.15, -0.1) is 0 Å².